The fourth-order valence-corrected chi connectivity index (χ4v) is 2.52. The smallest absolute Gasteiger partial charge is 0.257 e. The van der Waals surface area contributed by atoms with Crippen molar-refractivity contribution >= 4 is 56.4 Å². The Morgan fingerprint density at radius 3 is 2.35 bits per heavy atom. The maximum Gasteiger partial charge on any atom is 0.257 e. The lowest BCUT2D eigenvalue weighted by Crippen LogP contribution is -2.14. The van der Waals surface area contributed by atoms with E-state index in [1.54, 1.807) is 18.2 Å². The van der Waals surface area contributed by atoms with Gasteiger partial charge in [-0.25, -0.2) is 4.39 Å². The van der Waals surface area contributed by atoms with Crippen molar-refractivity contribution in [2.24, 2.45) is 0 Å². The number of nitrogens with two attached hydrogens (primary N) is 1. The predicted molar refractivity (Wildman–Crippen MR) is 82.9 cm³/mol. The van der Waals surface area contributed by atoms with Gasteiger partial charge in [0, 0.05) is 10.2 Å². The molecule has 0 spiro atoms. The van der Waals surface area contributed by atoms with Crippen molar-refractivity contribution in [3.63, 3.8) is 0 Å². The molecule has 2 aromatic rings. The summed E-state index contributed by atoms with van der Waals surface area (Å²) in [5, 5.41) is 2.54. The number of nitrogens with one attached hydrogen (secondary N) is 1. The van der Waals surface area contributed by atoms with Crippen LogP contribution in [0.1, 0.15) is 10.4 Å². The standard InChI is InChI=1S/C13H8BrCl2FN2O/c14-6-1-2-8(11(18)3-6)13(20)19-12-9(15)4-7(17)5-10(12)16/h1-5H,18H2,(H,19,20). The fraction of sp³-hybridized carbons (Fsp3) is 0. The molecule has 0 heterocycles. The van der Waals surface area contributed by atoms with E-state index in [0.717, 1.165) is 16.6 Å². The molecule has 7 heteroatoms. The summed E-state index contributed by atoms with van der Waals surface area (Å²) in [6.45, 7) is 0. The Balaban J connectivity index is 2.33. The minimum absolute atomic E-state index is 0.0130. The van der Waals surface area contributed by atoms with E-state index in [1.165, 1.54) is 0 Å². The van der Waals surface area contributed by atoms with Crippen LogP contribution in [0.15, 0.2) is 34.8 Å². The average molecular weight is 378 g/mol. The van der Waals surface area contributed by atoms with Crippen LogP contribution in [0.2, 0.25) is 10.0 Å². The van der Waals surface area contributed by atoms with E-state index in [9.17, 15) is 9.18 Å². The number of hydrogen-bond donors (Lipinski definition) is 2. The first-order chi connectivity index (χ1) is 9.38. The summed E-state index contributed by atoms with van der Waals surface area (Å²) in [6.07, 6.45) is 0. The van der Waals surface area contributed by atoms with Crippen molar-refractivity contribution < 1.29 is 9.18 Å². The Hall–Kier alpha value is -1.30. The van der Waals surface area contributed by atoms with Crippen LogP contribution >= 0.6 is 39.1 Å². The zero-order chi connectivity index (χ0) is 14.9. The molecule has 0 saturated heterocycles. The van der Waals surface area contributed by atoms with Gasteiger partial charge in [0.15, 0.2) is 0 Å². The van der Waals surface area contributed by atoms with E-state index in [4.69, 9.17) is 28.9 Å². The molecule has 0 aliphatic rings. The Morgan fingerprint density at radius 2 is 1.80 bits per heavy atom. The zero-order valence-electron chi connectivity index (χ0n) is 9.88. The van der Waals surface area contributed by atoms with Crippen LogP contribution in [0, 0.1) is 5.82 Å². The van der Waals surface area contributed by atoms with E-state index in [-0.39, 0.29) is 21.3 Å². The molecule has 3 N–H and O–H groups in total. The molecule has 2 rings (SSSR count). The fourth-order valence-electron chi connectivity index (χ4n) is 1.58. The molecule has 0 radical (unpaired) electrons. The second kappa shape index (κ2) is 5.99. The summed E-state index contributed by atoms with van der Waals surface area (Å²) in [5.41, 5.74) is 6.47. The second-order valence-electron chi connectivity index (χ2n) is 3.93. The van der Waals surface area contributed by atoms with Crippen LogP contribution in [-0.4, -0.2) is 5.91 Å². The number of carbonyl (C=O) groups is 1. The molecule has 0 aliphatic heterocycles. The highest BCUT2D eigenvalue weighted by Crippen LogP contribution is 2.32. The van der Waals surface area contributed by atoms with Crippen molar-refractivity contribution in [3.8, 4) is 0 Å². The minimum Gasteiger partial charge on any atom is -0.398 e. The Labute approximate surface area is 133 Å². The van der Waals surface area contributed by atoms with Crippen LogP contribution in [0.3, 0.4) is 0 Å². The van der Waals surface area contributed by atoms with Crippen molar-refractivity contribution in [2.45, 2.75) is 0 Å². The SMILES string of the molecule is Nc1cc(Br)ccc1C(=O)Nc1c(Cl)cc(F)cc1Cl. The maximum absolute atomic E-state index is 13.1. The van der Waals surface area contributed by atoms with E-state index in [1.807, 2.05) is 0 Å². The molecule has 0 saturated carbocycles. The third-order valence-electron chi connectivity index (χ3n) is 2.50. The lowest BCUT2D eigenvalue weighted by atomic mass is 10.1. The van der Waals surface area contributed by atoms with E-state index < -0.39 is 11.7 Å². The highest BCUT2D eigenvalue weighted by Gasteiger charge is 2.15. The Bertz CT molecular complexity index is 671. The first kappa shape index (κ1) is 15.1. The summed E-state index contributed by atoms with van der Waals surface area (Å²) < 4.78 is 13.8. The van der Waals surface area contributed by atoms with Gasteiger partial charge in [-0.3, -0.25) is 4.79 Å². The molecule has 3 nitrogen and oxygen atoms in total. The van der Waals surface area contributed by atoms with Gasteiger partial charge in [-0.1, -0.05) is 39.1 Å². The molecule has 104 valence electrons. The van der Waals surface area contributed by atoms with E-state index >= 15 is 0 Å². The van der Waals surface area contributed by atoms with Gasteiger partial charge in [0.25, 0.3) is 5.91 Å². The lowest BCUT2D eigenvalue weighted by Gasteiger charge is -2.11. The molecule has 1 amide bonds. The minimum atomic E-state index is -0.582. The summed E-state index contributed by atoms with van der Waals surface area (Å²) in [5.74, 6) is -1.06. The lowest BCUT2D eigenvalue weighted by molar-refractivity contribution is 0.102. The number of carbonyl (C=O) groups excluding carboxylic acids is 1. The molecule has 0 aromatic heterocycles. The van der Waals surface area contributed by atoms with Gasteiger partial charge in [-0.05, 0) is 30.3 Å². The van der Waals surface area contributed by atoms with Gasteiger partial charge in [0.05, 0.1) is 21.3 Å². The Kier molecular flexibility index (Phi) is 4.52. The van der Waals surface area contributed by atoms with Gasteiger partial charge in [-0.2, -0.15) is 0 Å². The second-order valence-corrected chi connectivity index (χ2v) is 5.66. The highest BCUT2D eigenvalue weighted by molar-refractivity contribution is 9.10. The van der Waals surface area contributed by atoms with Crippen LogP contribution in [0.4, 0.5) is 15.8 Å². The molecule has 0 fully saturated rings. The summed E-state index contributed by atoms with van der Waals surface area (Å²) in [7, 11) is 0. The molecule has 2 aromatic carbocycles. The quantitative estimate of drug-likeness (QED) is 0.743. The van der Waals surface area contributed by atoms with Crippen LogP contribution in [0.5, 0.6) is 0 Å². The summed E-state index contributed by atoms with van der Waals surface area (Å²) in [4.78, 5) is 12.1. The molecule has 0 bridgehead atoms. The average Bonchev–Trinajstić information content (AvgIpc) is 2.33. The molecule has 0 unspecified atom stereocenters. The molecular weight excluding hydrogens is 370 g/mol. The van der Waals surface area contributed by atoms with Crippen LogP contribution in [-0.2, 0) is 0 Å². The molecule has 0 aliphatic carbocycles. The predicted octanol–water partition coefficient (Wildman–Crippen LogP) is 4.73. The monoisotopic (exact) mass is 376 g/mol. The number of hydrogen-bond acceptors (Lipinski definition) is 2. The normalized spacial score (nSPS) is 10.4. The van der Waals surface area contributed by atoms with Gasteiger partial charge >= 0.3 is 0 Å². The number of nitrogen functional groups attached to an aromatic ring is 1. The number of halogens is 4. The zero-order valence-corrected chi connectivity index (χ0v) is 13.0. The maximum atomic E-state index is 13.1. The molecular formula is C13H8BrCl2FN2O. The van der Waals surface area contributed by atoms with Crippen LogP contribution in [0.25, 0.3) is 0 Å². The first-order valence-electron chi connectivity index (χ1n) is 5.39. The molecule has 0 atom stereocenters. The summed E-state index contributed by atoms with van der Waals surface area (Å²) >= 11 is 15.0. The molecule has 20 heavy (non-hydrogen) atoms. The third-order valence-corrected chi connectivity index (χ3v) is 3.59. The highest BCUT2D eigenvalue weighted by atomic mass is 79.9. The van der Waals surface area contributed by atoms with Crippen molar-refractivity contribution in [1.29, 1.82) is 0 Å². The van der Waals surface area contributed by atoms with Crippen LogP contribution < -0.4 is 11.1 Å². The van der Waals surface area contributed by atoms with E-state index in [0.29, 0.717) is 5.69 Å². The van der Waals surface area contributed by atoms with Crippen molar-refractivity contribution in [3.05, 3.63) is 56.2 Å². The number of amides is 1. The third kappa shape index (κ3) is 3.23. The van der Waals surface area contributed by atoms with Crippen molar-refractivity contribution in [2.75, 3.05) is 11.1 Å². The number of anilines is 2. The Morgan fingerprint density at radius 1 is 1.20 bits per heavy atom. The number of rotatable bonds is 2. The van der Waals surface area contributed by atoms with Gasteiger partial charge in [0.1, 0.15) is 5.82 Å². The largest absolute Gasteiger partial charge is 0.398 e. The van der Waals surface area contributed by atoms with Gasteiger partial charge < -0.3 is 11.1 Å². The van der Waals surface area contributed by atoms with Gasteiger partial charge in [0.2, 0.25) is 0 Å². The summed E-state index contributed by atoms with van der Waals surface area (Å²) in [6, 6.07) is 6.96. The van der Waals surface area contributed by atoms with E-state index in [2.05, 4.69) is 21.2 Å². The number of benzene rings is 2. The van der Waals surface area contributed by atoms with Crippen molar-refractivity contribution in [1.82, 2.24) is 0 Å². The topological polar surface area (TPSA) is 55.1 Å². The first-order valence-corrected chi connectivity index (χ1v) is 6.94. The van der Waals surface area contributed by atoms with Gasteiger partial charge in [-0.15, -0.1) is 0 Å².